The second-order valence-electron chi connectivity index (χ2n) is 4.33. The molecule has 102 valence electrons. The van der Waals surface area contributed by atoms with Crippen molar-refractivity contribution < 1.29 is 24.2 Å². The lowest BCUT2D eigenvalue weighted by Crippen LogP contribution is -2.45. The number of ether oxygens (including phenoxy) is 1. The molecule has 0 aromatic heterocycles. The van der Waals surface area contributed by atoms with Crippen LogP contribution in [0.5, 0.6) is 0 Å². The number of carboxylic acid groups (broad SMARTS) is 1. The van der Waals surface area contributed by atoms with Gasteiger partial charge in [0.1, 0.15) is 17.9 Å². The van der Waals surface area contributed by atoms with Gasteiger partial charge in [-0.2, -0.15) is 0 Å². The number of carboxylic acids is 1. The Balaban J connectivity index is 2.44. The number of carbonyl (C=O) groups excluding carboxylic acids is 2. The van der Waals surface area contributed by atoms with E-state index < -0.39 is 24.0 Å². The Bertz CT molecular complexity index is 322. The van der Waals surface area contributed by atoms with Gasteiger partial charge in [0, 0.05) is 19.4 Å². The van der Waals surface area contributed by atoms with Crippen molar-refractivity contribution in [3.63, 3.8) is 0 Å². The van der Waals surface area contributed by atoms with Crippen LogP contribution in [0.15, 0.2) is 0 Å². The molecule has 1 rings (SSSR count). The van der Waals surface area contributed by atoms with Crippen LogP contribution in [0.2, 0.25) is 0 Å². The average molecular weight is 257 g/mol. The summed E-state index contributed by atoms with van der Waals surface area (Å²) in [5.74, 6) is -1.53. The van der Waals surface area contributed by atoms with Crippen LogP contribution in [-0.2, 0) is 19.1 Å². The molecule has 1 amide bonds. The maximum Gasteiger partial charge on any atom is 0.326 e. The molecule has 0 radical (unpaired) electrons. The fraction of sp³-hybridized carbons (Fsp3) is 0.750. The molecule has 1 heterocycles. The first-order chi connectivity index (χ1) is 8.54. The van der Waals surface area contributed by atoms with Crippen LogP contribution in [0.4, 0.5) is 0 Å². The normalized spacial score (nSPS) is 20.4. The average Bonchev–Trinajstić information content (AvgIpc) is 2.87. The fourth-order valence-electron chi connectivity index (χ4n) is 1.79. The predicted molar refractivity (Wildman–Crippen MR) is 63.1 cm³/mol. The summed E-state index contributed by atoms with van der Waals surface area (Å²) in [6.07, 6.45) is 1.55. The lowest BCUT2D eigenvalue weighted by molar-refractivity contribution is -0.144. The zero-order chi connectivity index (χ0) is 13.5. The Morgan fingerprint density at radius 2 is 2.17 bits per heavy atom. The minimum absolute atomic E-state index is 0.00684. The van der Waals surface area contributed by atoms with Crippen molar-refractivity contribution in [2.24, 2.45) is 0 Å². The molecule has 0 bridgehead atoms. The van der Waals surface area contributed by atoms with Crippen LogP contribution in [-0.4, -0.2) is 41.5 Å². The summed E-state index contributed by atoms with van der Waals surface area (Å²) >= 11 is 0. The summed E-state index contributed by atoms with van der Waals surface area (Å²) in [4.78, 5) is 33.8. The van der Waals surface area contributed by atoms with Crippen molar-refractivity contribution in [3.8, 4) is 0 Å². The number of carbonyl (C=O) groups is 3. The second-order valence-corrected chi connectivity index (χ2v) is 4.33. The Kier molecular flexibility index (Phi) is 5.77. The number of aliphatic carboxylic acids is 1. The summed E-state index contributed by atoms with van der Waals surface area (Å²) in [6.45, 7) is 2.26. The highest BCUT2D eigenvalue weighted by molar-refractivity contribution is 5.87. The number of ketones is 1. The Morgan fingerprint density at radius 1 is 1.44 bits per heavy atom. The van der Waals surface area contributed by atoms with E-state index in [9.17, 15) is 14.4 Å². The summed E-state index contributed by atoms with van der Waals surface area (Å²) in [6, 6.07) is -1.02. The Morgan fingerprint density at radius 3 is 2.67 bits per heavy atom. The molecule has 0 aliphatic carbocycles. The van der Waals surface area contributed by atoms with Crippen molar-refractivity contribution in [1.29, 1.82) is 0 Å². The van der Waals surface area contributed by atoms with Crippen LogP contribution in [0.1, 0.15) is 39.0 Å². The molecule has 1 fully saturated rings. The highest BCUT2D eigenvalue weighted by Gasteiger charge is 2.28. The largest absolute Gasteiger partial charge is 0.480 e. The summed E-state index contributed by atoms with van der Waals surface area (Å²) in [5.41, 5.74) is 0. The maximum absolute atomic E-state index is 11.7. The molecule has 1 aliphatic rings. The van der Waals surface area contributed by atoms with Gasteiger partial charge in [-0.05, 0) is 19.3 Å². The minimum atomic E-state index is -1.12. The van der Waals surface area contributed by atoms with Gasteiger partial charge in [0.15, 0.2) is 0 Å². The molecule has 2 N–H and O–H groups in total. The SMILES string of the molecule is CCC(=O)CC[C@@H](NC(=O)[C@H]1CCCO1)C(=O)O. The van der Waals surface area contributed by atoms with Crippen molar-refractivity contribution in [1.82, 2.24) is 5.32 Å². The number of hydrogen-bond acceptors (Lipinski definition) is 4. The molecule has 18 heavy (non-hydrogen) atoms. The van der Waals surface area contributed by atoms with Gasteiger partial charge in [0.2, 0.25) is 5.91 Å². The monoisotopic (exact) mass is 257 g/mol. The number of hydrogen-bond donors (Lipinski definition) is 2. The lowest BCUT2D eigenvalue weighted by atomic mass is 10.1. The first kappa shape index (κ1) is 14.6. The topological polar surface area (TPSA) is 92.7 Å². The van der Waals surface area contributed by atoms with E-state index in [4.69, 9.17) is 9.84 Å². The van der Waals surface area contributed by atoms with E-state index in [1.807, 2.05) is 0 Å². The summed E-state index contributed by atoms with van der Waals surface area (Å²) < 4.78 is 5.17. The highest BCUT2D eigenvalue weighted by Crippen LogP contribution is 2.12. The van der Waals surface area contributed by atoms with Crippen LogP contribution < -0.4 is 5.32 Å². The van der Waals surface area contributed by atoms with E-state index in [0.717, 1.165) is 6.42 Å². The predicted octanol–water partition coefficient (Wildman–Crippen LogP) is 0.494. The van der Waals surface area contributed by atoms with Crippen LogP contribution >= 0.6 is 0 Å². The molecule has 0 spiro atoms. The van der Waals surface area contributed by atoms with Gasteiger partial charge < -0.3 is 15.2 Å². The van der Waals surface area contributed by atoms with Gasteiger partial charge in [-0.3, -0.25) is 9.59 Å². The molecule has 1 aliphatic heterocycles. The molecule has 2 atom stereocenters. The van der Waals surface area contributed by atoms with E-state index >= 15 is 0 Å². The molecule has 0 aromatic rings. The molecular weight excluding hydrogens is 238 g/mol. The maximum atomic E-state index is 11.7. The molecule has 1 saturated heterocycles. The third-order valence-electron chi connectivity index (χ3n) is 2.94. The van der Waals surface area contributed by atoms with Crippen molar-refractivity contribution in [2.45, 2.75) is 51.2 Å². The van der Waals surface area contributed by atoms with E-state index in [2.05, 4.69) is 5.32 Å². The number of amides is 1. The molecule has 6 heteroatoms. The molecule has 0 saturated carbocycles. The fourth-order valence-corrected chi connectivity index (χ4v) is 1.79. The molecule has 6 nitrogen and oxygen atoms in total. The first-order valence-electron chi connectivity index (χ1n) is 6.21. The van der Waals surface area contributed by atoms with Crippen LogP contribution in [0.25, 0.3) is 0 Å². The smallest absolute Gasteiger partial charge is 0.326 e. The number of nitrogens with one attached hydrogen (secondary N) is 1. The standard InChI is InChI=1S/C12H19NO5/c1-2-8(14)5-6-9(12(16)17)13-11(15)10-4-3-7-18-10/h9-10H,2-7H2,1H3,(H,13,15)(H,16,17)/t9-,10-/m1/s1. The Labute approximate surface area is 106 Å². The third kappa shape index (κ3) is 4.44. The lowest BCUT2D eigenvalue weighted by Gasteiger charge is -2.16. The van der Waals surface area contributed by atoms with Gasteiger partial charge in [0.25, 0.3) is 0 Å². The zero-order valence-corrected chi connectivity index (χ0v) is 10.5. The quantitative estimate of drug-likeness (QED) is 0.692. The van der Waals surface area contributed by atoms with Gasteiger partial charge in [-0.15, -0.1) is 0 Å². The first-order valence-corrected chi connectivity index (χ1v) is 6.21. The van der Waals surface area contributed by atoms with Crippen molar-refractivity contribution in [2.75, 3.05) is 6.61 Å². The van der Waals surface area contributed by atoms with E-state index in [0.29, 0.717) is 19.4 Å². The van der Waals surface area contributed by atoms with Gasteiger partial charge >= 0.3 is 5.97 Å². The van der Waals surface area contributed by atoms with Crippen LogP contribution in [0, 0.1) is 0 Å². The molecule has 0 aromatic carbocycles. The molecular formula is C12H19NO5. The number of rotatable bonds is 7. The summed E-state index contributed by atoms with van der Waals surface area (Å²) in [5, 5.41) is 11.4. The van der Waals surface area contributed by atoms with Crippen molar-refractivity contribution in [3.05, 3.63) is 0 Å². The second kappa shape index (κ2) is 7.10. The zero-order valence-electron chi connectivity index (χ0n) is 10.5. The van der Waals surface area contributed by atoms with E-state index in [1.165, 1.54) is 0 Å². The highest BCUT2D eigenvalue weighted by atomic mass is 16.5. The van der Waals surface area contributed by atoms with E-state index in [-0.39, 0.29) is 18.6 Å². The van der Waals surface area contributed by atoms with Crippen molar-refractivity contribution >= 4 is 17.7 Å². The third-order valence-corrected chi connectivity index (χ3v) is 2.94. The molecule has 0 unspecified atom stereocenters. The van der Waals surface area contributed by atoms with Crippen LogP contribution in [0.3, 0.4) is 0 Å². The van der Waals surface area contributed by atoms with Gasteiger partial charge in [-0.1, -0.05) is 6.92 Å². The number of Topliss-reactive ketones (excluding diaryl/α,β-unsaturated/α-hetero) is 1. The minimum Gasteiger partial charge on any atom is -0.480 e. The Hall–Kier alpha value is -1.43. The van der Waals surface area contributed by atoms with Gasteiger partial charge in [0.05, 0.1) is 0 Å². The van der Waals surface area contributed by atoms with E-state index in [1.54, 1.807) is 6.92 Å². The summed E-state index contributed by atoms with van der Waals surface area (Å²) in [7, 11) is 0. The van der Waals surface area contributed by atoms with Gasteiger partial charge in [-0.25, -0.2) is 4.79 Å².